The van der Waals surface area contributed by atoms with Crippen LogP contribution in [0.15, 0.2) is 0 Å². The fourth-order valence-corrected chi connectivity index (χ4v) is 5.06. The van der Waals surface area contributed by atoms with E-state index in [9.17, 15) is 44.6 Å². The van der Waals surface area contributed by atoms with E-state index in [2.05, 4.69) is 6.92 Å². The third-order valence-corrected chi connectivity index (χ3v) is 7.49. The van der Waals surface area contributed by atoms with Gasteiger partial charge in [-0.1, -0.05) is 71.6 Å². The molecule has 0 heterocycles. The van der Waals surface area contributed by atoms with Crippen LogP contribution in [0.3, 0.4) is 0 Å². The highest BCUT2D eigenvalue weighted by Crippen LogP contribution is 2.47. The van der Waals surface area contributed by atoms with Gasteiger partial charge in [0.1, 0.15) is 43.2 Å². The highest BCUT2D eigenvalue weighted by Gasteiger charge is 2.51. The van der Waals surface area contributed by atoms with E-state index in [4.69, 9.17) is 18.5 Å². The summed E-state index contributed by atoms with van der Waals surface area (Å²) in [6.45, 7) is 2.55. The number of phosphoric acid groups is 1. The van der Waals surface area contributed by atoms with Gasteiger partial charge in [0.2, 0.25) is 0 Å². The van der Waals surface area contributed by atoms with Crippen LogP contribution in [-0.2, 0) is 32.7 Å². The number of hydrogen-bond acceptors (Lipinski definition) is 12. The van der Waals surface area contributed by atoms with E-state index >= 15 is 0 Å². The first-order valence-corrected chi connectivity index (χ1v) is 15.3. The number of phosphoric ester groups is 1. The Hall–Kier alpha value is -1.15. The van der Waals surface area contributed by atoms with Crippen molar-refractivity contribution in [3.63, 3.8) is 0 Å². The minimum atomic E-state index is -5.06. The summed E-state index contributed by atoms with van der Waals surface area (Å²) in [5.41, 5.74) is 0. The molecular weight excluding hydrogens is 539 g/mol. The van der Waals surface area contributed by atoms with Gasteiger partial charge in [-0.3, -0.25) is 18.6 Å². The highest BCUT2D eigenvalue weighted by atomic mass is 31.2. The van der Waals surface area contributed by atoms with Gasteiger partial charge in [0.25, 0.3) is 0 Å². The molecule has 0 aromatic carbocycles. The first-order valence-electron chi connectivity index (χ1n) is 13.8. The number of aliphatic hydroxyl groups is 5. The molecule has 230 valence electrons. The van der Waals surface area contributed by atoms with Crippen LogP contribution in [0.1, 0.15) is 90.9 Å². The molecule has 0 radical (unpaired) electrons. The van der Waals surface area contributed by atoms with Crippen LogP contribution in [0.4, 0.5) is 0 Å². The average molecular weight is 587 g/mol. The molecule has 1 fully saturated rings. The van der Waals surface area contributed by atoms with Crippen molar-refractivity contribution in [1.82, 2.24) is 0 Å². The molecule has 0 aromatic rings. The molecule has 6 unspecified atom stereocenters. The lowest BCUT2D eigenvalue weighted by Gasteiger charge is -2.41. The Labute approximate surface area is 230 Å². The average Bonchev–Trinajstić information content (AvgIpc) is 2.91. The maximum Gasteiger partial charge on any atom is 0.472 e. The smallest absolute Gasteiger partial charge is 0.462 e. The second-order valence-electron chi connectivity index (χ2n) is 9.87. The predicted octanol–water partition coefficient (Wildman–Crippen LogP) is 1.48. The van der Waals surface area contributed by atoms with E-state index in [1.807, 2.05) is 0 Å². The quantitative estimate of drug-likeness (QED) is 0.0679. The summed E-state index contributed by atoms with van der Waals surface area (Å²) >= 11 is 0. The Bertz CT molecular complexity index is 735. The molecule has 1 rings (SSSR count). The van der Waals surface area contributed by atoms with Gasteiger partial charge in [-0.15, -0.1) is 0 Å². The Morgan fingerprint density at radius 2 is 1.21 bits per heavy atom. The summed E-state index contributed by atoms with van der Waals surface area (Å²) in [7, 11) is -5.06. The third kappa shape index (κ3) is 13.8. The van der Waals surface area contributed by atoms with Gasteiger partial charge in [0.15, 0.2) is 6.10 Å². The monoisotopic (exact) mass is 586 g/mol. The number of esters is 2. The number of rotatable bonds is 20. The van der Waals surface area contributed by atoms with Crippen LogP contribution in [0.2, 0.25) is 0 Å². The summed E-state index contributed by atoms with van der Waals surface area (Å²) in [5.74, 6) is -1.20. The summed E-state index contributed by atoms with van der Waals surface area (Å²) < 4.78 is 32.2. The highest BCUT2D eigenvalue weighted by molar-refractivity contribution is 7.47. The maximum atomic E-state index is 12.4. The summed E-state index contributed by atoms with van der Waals surface area (Å²) in [5, 5.41) is 49.1. The first-order chi connectivity index (χ1) is 18.4. The van der Waals surface area contributed by atoms with Gasteiger partial charge in [-0.25, -0.2) is 4.57 Å². The molecule has 0 bridgehead atoms. The normalized spacial score (nSPS) is 27.5. The van der Waals surface area contributed by atoms with Gasteiger partial charge in [0.05, 0.1) is 6.61 Å². The van der Waals surface area contributed by atoms with Crippen molar-refractivity contribution in [2.45, 2.75) is 134 Å². The van der Waals surface area contributed by atoms with E-state index < -0.39 is 75.7 Å². The molecule has 6 N–H and O–H groups in total. The van der Waals surface area contributed by atoms with Crippen molar-refractivity contribution in [1.29, 1.82) is 0 Å². The van der Waals surface area contributed by atoms with Gasteiger partial charge >= 0.3 is 19.8 Å². The second kappa shape index (κ2) is 19.1. The zero-order chi connectivity index (χ0) is 29.4. The summed E-state index contributed by atoms with van der Waals surface area (Å²) in [6, 6.07) is 0. The molecule has 1 aliphatic rings. The number of unbranched alkanes of at least 4 members (excludes halogenated alkanes) is 9. The van der Waals surface area contributed by atoms with Crippen LogP contribution < -0.4 is 0 Å². The fourth-order valence-electron chi connectivity index (χ4n) is 4.09. The Kier molecular flexibility index (Phi) is 17.5. The van der Waals surface area contributed by atoms with Crippen molar-refractivity contribution in [3.05, 3.63) is 0 Å². The summed E-state index contributed by atoms with van der Waals surface area (Å²) in [4.78, 5) is 33.9. The topological polar surface area (TPSA) is 210 Å². The predicted molar refractivity (Wildman–Crippen MR) is 138 cm³/mol. The molecule has 13 nitrogen and oxygen atoms in total. The van der Waals surface area contributed by atoms with Gasteiger partial charge in [-0.05, 0) is 6.42 Å². The van der Waals surface area contributed by atoms with Crippen molar-refractivity contribution < 1.29 is 63.1 Å². The van der Waals surface area contributed by atoms with Gasteiger partial charge < -0.3 is 39.9 Å². The molecule has 1 aliphatic carbocycles. The van der Waals surface area contributed by atoms with Crippen molar-refractivity contribution in [3.8, 4) is 0 Å². The van der Waals surface area contributed by atoms with E-state index in [-0.39, 0.29) is 12.8 Å². The van der Waals surface area contributed by atoms with Crippen molar-refractivity contribution >= 4 is 19.8 Å². The Balaban J connectivity index is 2.53. The lowest BCUT2D eigenvalue weighted by atomic mass is 9.85. The van der Waals surface area contributed by atoms with E-state index in [0.29, 0.717) is 6.42 Å². The molecule has 1 saturated carbocycles. The largest absolute Gasteiger partial charge is 0.472 e. The van der Waals surface area contributed by atoms with Crippen molar-refractivity contribution in [2.24, 2.45) is 0 Å². The summed E-state index contributed by atoms with van der Waals surface area (Å²) in [6.07, 6.45) is -2.12. The lowest BCUT2D eigenvalue weighted by molar-refractivity contribution is -0.220. The number of carbonyl (C=O) groups is 2. The molecule has 0 aliphatic heterocycles. The van der Waals surface area contributed by atoms with E-state index in [0.717, 1.165) is 25.7 Å². The molecule has 39 heavy (non-hydrogen) atoms. The molecule has 0 amide bonds. The fraction of sp³-hybridized carbons (Fsp3) is 0.920. The Morgan fingerprint density at radius 3 is 1.72 bits per heavy atom. The second-order valence-corrected chi connectivity index (χ2v) is 11.3. The molecule has 0 spiro atoms. The standard InChI is InChI=1S/C25H47O13P/c1-3-5-6-7-8-9-10-11-12-13-14-19(27)37-17(15-35-18(26)4-2)16-36-39(33,34)38-25-23(31)21(29)20(28)22(30)24(25)32/h17,20-25,28-32H,3-16H2,1-2H3,(H,33,34). The third-order valence-electron chi connectivity index (χ3n) is 6.50. The van der Waals surface area contributed by atoms with E-state index in [1.165, 1.54) is 32.1 Å². The van der Waals surface area contributed by atoms with Crippen molar-refractivity contribution in [2.75, 3.05) is 13.2 Å². The molecule has 6 atom stereocenters. The first kappa shape index (κ1) is 35.9. The Morgan fingerprint density at radius 1 is 0.718 bits per heavy atom. The number of hydrogen-bond donors (Lipinski definition) is 6. The molecule has 0 aromatic heterocycles. The lowest BCUT2D eigenvalue weighted by Crippen LogP contribution is -2.64. The van der Waals surface area contributed by atoms with E-state index in [1.54, 1.807) is 6.92 Å². The van der Waals surface area contributed by atoms with Gasteiger partial charge in [-0.2, -0.15) is 0 Å². The number of carbonyl (C=O) groups excluding carboxylic acids is 2. The molecule has 0 saturated heterocycles. The van der Waals surface area contributed by atoms with Crippen LogP contribution in [0.5, 0.6) is 0 Å². The zero-order valence-corrected chi connectivity index (χ0v) is 23.8. The maximum absolute atomic E-state index is 12.4. The molecule has 14 heteroatoms. The van der Waals surface area contributed by atoms with Crippen LogP contribution in [-0.4, -0.2) is 98.3 Å². The number of ether oxygens (including phenoxy) is 2. The zero-order valence-electron chi connectivity index (χ0n) is 22.9. The molecular formula is C25H47O13P. The number of aliphatic hydroxyl groups excluding tert-OH is 5. The van der Waals surface area contributed by atoms with Crippen LogP contribution in [0.25, 0.3) is 0 Å². The van der Waals surface area contributed by atoms with Gasteiger partial charge in [0, 0.05) is 12.8 Å². The SMILES string of the molecule is CCCCCCCCCCCCC(=O)OC(COC(=O)CC)COP(=O)(O)OC1C(O)C(O)C(O)C(O)C1O. The minimum absolute atomic E-state index is 0.0513. The minimum Gasteiger partial charge on any atom is -0.462 e. The van der Waals surface area contributed by atoms with Crippen LogP contribution >= 0.6 is 7.82 Å². The van der Waals surface area contributed by atoms with Crippen LogP contribution in [0, 0.1) is 0 Å².